The van der Waals surface area contributed by atoms with Crippen LogP contribution in [0.25, 0.3) is 22.2 Å². The molecule has 0 amide bonds. The standard InChI is InChI=1S/C18H20N2O2S/c1-3-23(21,22)9-8-14-10-16(13-19-12-14)18-11-15-6-4-5-7-17(15)20(18)2/h4-7,10-13H,3,8-9H2,1-2H3. The van der Waals surface area contributed by atoms with Crippen molar-refractivity contribution in [3.63, 3.8) is 0 Å². The Labute approximate surface area is 136 Å². The first kappa shape index (κ1) is 15.7. The average Bonchev–Trinajstić information content (AvgIpc) is 2.91. The highest BCUT2D eigenvalue weighted by Crippen LogP contribution is 2.27. The van der Waals surface area contributed by atoms with Crippen molar-refractivity contribution in [3.05, 3.63) is 54.4 Å². The van der Waals surface area contributed by atoms with Gasteiger partial charge in [0.2, 0.25) is 0 Å². The molecule has 2 aromatic heterocycles. The molecule has 2 heterocycles. The second-order valence-electron chi connectivity index (χ2n) is 5.72. The third-order valence-electron chi connectivity index (χ3n) is 4.18. The molecule has 0 bridgehead atoms. The molecule has 0 atom stereocenters. The van der Waals surface area contributed by atoms with Crippen molar-refractivity contribution >= 4 is 20.7 Å². The zero-order valence-corrected chi connectivity index (χ0v) is 14.2. The predicted octanol–water partition coefficient (Wildman–Crippen LogP) is 3.22. The van der Waals surface area contributed by atoms with Gasteiger partial charge in [-0.3, -0.25) is 4.98 Å². The molecule has 0 saturated heterocycles. The molecule has 0 saturated carbocycles. The van der Waals surface area contributed by atoms with E-state index in [1.54, 1.807) is 13.1 Å². The monoisotopic (exact) mass is 328 g/mol. The van der Waals surface area contributed by atoms with Gasteiger partial charge in [0.25, 0.3) is 0 Å². The Morgan fingerprint density at radius 1 is 1.13 bits per heavy atom. The molecular formula is C18H20N2O2S. The zero-order chi connectivity index (χ0) is 16.4. The Bertz CT molecular complexity index is 943. The maximum absolute atomic E-state index is 11.7. The third kappa shape index (κ3) is 3.29. The number of aryl methyl sites for hydroxylation is 2. The summed E-state index contributed by atoms with van der Waals surface area (Å²) in [5, 5.41) is 1.18. The summed E-state index contributed by atoms with van der Waals surface area (Å²) >= 11 is 0. The summed E-state index contributed by atoms with van der Waals surface area (Å²) in [7, 11) is -0.923. The first-order valence-electron chi connectivity index (χ1n) is 7.69. The molecule has 5 heteroatoms. The Morgan fingerprint density at radius 3 is 2.65 bits per heavy atom. The summed E-state index contributed by atoms with van der Waals surface area (Å²) in [6.45, 7) is 1.68. The molecule has 23 heavy (non-hydrogen) atoms. The van der Waals surface area contributed by atoms with E-state index in [-0.39, 0.29) is 11.5 Å². The van der Waals surface area contributed by atoms with Crippen LogP contribution in [0.15, 0.2) is 48.8 Å². The molecule has 0 aliphatic rings. The minimum atomic E-state index is -2.96. The van der Waals surface area contributed by atoms with E-state index in [2.05, 4.69) is 27.8 Å². The van der Waals surface area contributed by atoms with Crippen LogP contribution in [0, 0.1) is 0 Å². The minimum absolute atomic E-state index is 0.170. The maximum atomic E-state index is 11.7. The van der Waals surface area contributed by atoms with Crippen molar-refractivity contribution in [3.8, 4) is 11.3 Å². The summed E-state index contributed by atoms with van der Waals surface area (Å²) in [6, 6.07) is 12.4. The number of hydrogen-bond donors (Lipinski definition) is 0. The van der Waals surface area contributed by atoms with Crippen LogP contribution < -0.4 is 0 Å². The molecule has 0 N–H and O–H groups in total. The number of hydrogen-bond acceptors (Lipinski definition) is 3. The van der Waals surface area contributed by atoms with Gasteiger partial charge >= 0.3 is 0 Å². The number of fused-ring (bicyclic) bond motifs is 1. The van der Waals surface area contributed by atoms with Gasteiger partial charge in [-0.1, -0.05) is 25.1 Å². The van der Waals surface area contributed by atoms with Gasteiger partial charge in [-0.05, 0) is 30.2 Å². The highest BCUT2D eigenvalue weighted by molar-refractivity contribution is 7.91. The molecule has 3 rings (SSSR count). The second-order valence-corrected chi connectivity index (χ2v) is 8.19. The summed E-state index contributed by atoms with van der Waals surface area (Å²) in [5.41, 5.74) is 4.21. The van der Waals surface area contributed by atoms with Crippen LogP contribution in [0.4, 0.5) is 0 Å². The van der Waals surface area contributed by atoms with Crippen LogP contribution in [0.1, 0.15) is 12.5 Å². The fraction of sp³-hybridized carbons (Fsp3) is 0.278. The number of aromatic nitrogens is 2. The van der Waals surface area contributed by atoms with Crippen LogP contribution in [-0.4, -0.2) is 29.5 Å². The number of benzene rings is 1. The third-order valence-corrected chi connectivity index (χ3v) is 5.89. The van der Waals surface area contributed by atoms with Crippen LogP contribution in [-0.2, 0) is 23.3 Å². The van der Waals surface area contributed by atoms with E-state index in [4.69, 9.17) is 0 Å². The van der Waals surface area contributed by atoms with E-state index in [1.165, 1.54) is 10.9 Å². The van der Waals surface area contributed by atoms with Gasteiger partial charge in [0.05, 0.1) is 11.4 Å². The highest BCUT2D eigenvalue weighted by atomic mass is 32.2. The lowest BCUT2D eigenvalue weighted by Crippen LogP contribution is -2.11. The summed E-state index contributed by atoms with van der Waals surface area (Å²) < 4.78 is 25.5. The van der Waals surface area contributed by atoms with E-state index < -0.39 is 9.84 Å². The number of pyridine rings is 1. The normalized spacial score (nSPS) is 11.9. The number of sulfone groups is 1. The topological polar surface area (TPSA) is 52.0 Å². The average molecular weight is 328 g/mol. The Balaban J connectivity index is 1.94. The van der Waals surface area contributed by atoms with E-state index in [0.29, 0.717) is 6.42 Å². The molecule has 1 aromatic carbocycles. The molecule has 0 radical (unpaired) electrons. The fourth-order valence-electron chi connectivity index (χ4n) is 2.75. The van der Waals surface area contributed by atoms with Crippen molar-refractivity contribution in [2.45, 2.75) is 13.3 Å². The summed E-state index contributed by atoms with van der Waals surface area (Å²) in [6.07, 6.45) is 4.07. The Kier molecular flexibility index (Phi) is 4.22. The van der Waals surface area contributed by atoms with Crippen molar-refractivity contribution in [1.29, 1.82) is 0 Å². The molecule has 4 nitrogen and oxygen atoms in total. The van der Waals surface area contributed by atoms with E-state index >= 15 is 0 Å². The van der Waals surface area contributed by atoms with Gasteiger partial charge in [-0.15, -0.1) is 0 Å². The molecule has 0 aliphatic carbocycles. The van der Waals surface area contributed by atoms with E-state index in [0.717, 1.165) is 16.8 Å². The van der Waals surface area contributed by atoms with Crippen molar-refractivity contribution < 1.29 is 8.42 Å². The quantitative estimate of drug-likeness (QED) is 0.722. The Hall–Kier alpha value is -2.14. The van der Waals surface area contributed by atoms with Crippen molar-refractivity contribution in [1.82, 2.24) is 9.55 Å². The van der Waals surface area contributed by atoms with Gasteiger partial charge in [0.15, 0.2) is 0 Å². The summed E-state index contributed by atoms with van der Waals surface area (Å²) in [4.78, 5) is 4.29. The molecule has 0 unspecified atom stereocenters. The van der Waals surface area contributed by atoms with Crippen LogP contribution >= 0.6 is 0 Å². The predicted molar refractivity (Wildman–Crippen MR) is 94.2 cm³/mol. The second kappa shape index (κ2) is 6.16. The smallest absolute Gasteiger partial charge is 0.150 e. The van der Waals surface area contributed by atoms with Crippen LogP contribution in [0.3, 0.4) is 0 Å². The number of nitrogens with zero attached hydrogens (tertiary/aromatic N) is 2. The zero-order valence-electron chi connectivity index (χ0n) is 13.4. The van der Waals surface area contributed by atoms with Crippen LogP contribution in [0.2, 0.25) is 0 Å². The molecule has 0 spiro atoms. The molecule has 120 valence electrons. The fourth-order valence-corrected chi connectivity index (χ4v) is 3.58. The lowest BCUT2D eigenvalue weighted by molar-refractivity contribution is 0.596. The number of para-hydroxylation sites is 1. The lowest BCUT2D eigenvalue weighted by Gasteiger charge is -2.07. The van der Waals surface area contributed by atoms with Gasteiger partial charge in [-0.2, -0.15) is 0 Å². The van der Waals surface area contributed by atoms with Gasteiger partial charge in [0.1, 0.15) is 9.84 Å². The molecule has 0 fully saturated rings. The Morgan fingerprint density at radius 2 is 1.91 bits per heavy atom. The number of rotatable bonds is 5. The van der Waals surface area contributed by atoms with E-state index in [1.807, 2.05) is 31.4 Å². The molecule has 3 aromatic rings. The SMILES string of the molecule is CCS(=O)(=O)CCc1cncc(-c2cc3ccccc3n2C)c1. The van der Waals surface area contributed by atoms with Gasteiger partial charge in [-0.25, -0.2) is 8.42 Å². The van der Waals surface area contributed by atoms with Crippen LogP contribution in [0.5, 0.6) is 0 Å². The van der Waals surface area contributed by atoms with Gasteiger partial charge < -0.3 is 4.57 Å². The minimum Gasteiger partial charge on any atom is -0.344 e. The van der Waals surface area contributed by atoms with Crippen molar-refractivity contribution in [2.75, 3.05) is 11.5 Å². The first-order chi connectivity index (χ1) is 11.0. The van der Waals surface area contributed by atoms with E-state index in [9.17, 15) is 8.42 Å². The van der Waals surface area contributed by atoms with Gasteiger partial charge in [0, 0.05) is 41.7 Å². The summed E-state index contributed by atoms with van der Waals surface area (Å²) in [5.74, 6) is 0.354. The lowest BCUT2D eigenvalue weighted by atomic mass is 10.1. The molecular weight excluding hydrogens is 308 g/mol. The van der Waals surface area contributed by atoms with Crippen molar-refractivity contribution in [2.24, 2.45) is 7.05 Å². The largest absolute Gasteiger partial charge is 0.344 e. The maximum Gasteiger partial charge on any atom is 0.150 e. The highest BCUT2D eigenvalue weighted by Gasteiger charge is 2.11. The first-order valence-corrected chi connectivity index (χ1v) is 9.51. The molecule has 0 aliphatic heterocycles.